The molecule has 5 heteroatoms. The fraction of sp³-hybridized carbons (Fsp3) is 0.333. The second-order valence-corrected chi connectivity index (χ2v) is 3.80. The summed E-state index contributed by atoms with van der Waals surface area (Å²) in [6.45, 7) is 1.58. The second-order valence-electron chi connectivity index (χ2n) is 3.80. The number of carbonyl (C=O) groups excluding carboxylic acids is 1. The van der Waals surface area contributed by atoms with Gasteiger partial charge in [0.05, 0.1) is 0 Å². The molecule has 2 unspecified atom stereocenters. The van der Waals surface area contributed by atoms with Crippen LogP contribution >= 0.6 is 0 Å². The maximum atomic E-state index is 11.0. The minimum atomic E-state index is -1.11. The van der Waals surface area contributed by atoms with Crippen LogP contribution in [-0.2, 0) is 9.59 Å². The molecule has 1 aromatic carbocycles. The summed E-state index contributed by atoms with van der Waals surface area (Å²) < 4.78 is 5.29. The van der Waals surface area contributed by atoms with E-state index in [0.29, 0.717) is 5.75 Å². The van der Waals surface area contributed by atoms with Gasteiger partial charge in [-0.3, -0.25) is 4.79 Å². The van der Waals surface area contributed by atoms with Crippen molar-refractivity contribution in [3.63, 3.8) is 0 Å². The Morgan fingerprint density at radius 2 is 1.94 bits per heavy atom. The SMILES string of the molecule is CC(CC(Oc1ccccc1)C(=O)O)C(N)=O. The summed E-state index contributed by atoms with van der Waals surface area (Å²) >= 11 is 0. The summed E-state index contributed by atoms with van der Waals surface area (Å²) in [5.41, 5.74) is 5.09. The first-order valence-electron chi connectivity index (χ1n) is 5.24. The Balaban J connectivity index is 2.67. The fourth-order valence-corrected chi connectivity index (χ4v) is 1.30. The van der Waals surface area contributed by atoms with Gasteiger partial charge in [0.1, 0.15) is 5.75 Å². The molecule has 0 heterocycles. The molecule has 1 amide bonds. The smallest absolute Gasteiger partial charge is 0.344 e. The van der Waals surface area contributed by atoms with Crippen LogP contribution in [0.1, 0.15) is 13.3 Å². The lowest BCUT2D eigenvalue weighted by atomic mass is 10.0. The van der Waals surface area contributed by atoms with Gasteiger partial charge < -0.3 is 15.6 Å². The monoisotopic (exact) mass is 237 g/mol. The van der Waals surface area contributed by atoms with Gasteiger partial charge >= 0.3 is 5.97 Å². The van der Waals surface area contributed by atoms with Crippen LogP contribution in [0, 0.1) is 5.92 Å². The molecule has 5 nitrogen and oxygen atoms in total. The van der Waals surface area contributed by atoms with E-state index in [9.17, 15) is 9.59 Å². The lowest BCUT2D eigenvalue weighted by Crippen LogP contribution is -2.33. The van der Waals surface area contributed by atoms with Gasteiger partial charge in [0, 0.05) is 12.3 Å². The van der Waals surface area contributed by atoms with Crippen LogP contribution in [0.15, 0.2) is 30.3 Å². The average Bonchev–Trinajstić information content (AvgIpc) is 2.29. The van der Waals surface area contributed by atoms with Crippen LogP contribution in [0.25, 0.3) is 0 Å². The topological polar surface area (TPSA) is 89.6 Å². The van der Waals surface area contributed by atoms with Crippen LogP contribution in [0.3, 0.4) is 0 Å². The molecule has 0 aliphatic heterocycles. The van der Waals surface area contributed by atoms with E-state index in [1.165, 1.54) is 0 Å². The van der Waals surface area contributed by atoms with Crippen molar-refractivity contribution >= 4 is 11.9 Å². The van der Waals surface area contributed by atoms with E-state index in [2.05, 4.69) is 0 Å². The molecule has 0 saturated carbocycles. The van der Waals surface area contributed by atoms with Gasteiger partial charge in [0.25, 0.3) is 0 Å². The summed E-state index contributed by atoms with van der Waals surface area (Å²) in [6.07, 6.45) is -1.01. The standard InChI is InChI=1S/C12H15NO4/c1-8(11(13)14)7-10(12(15)16)17-9-5-3-2-4-6-9/h2-6,8,10H,7H2,1H3,(H2,13,14)(H,15,16). The predicted octanol–water partition coefficient (Wildman–Crippen LogP) is 1.03. The molecular weight excluding hydrogens is 222 g/mol. The first kappa shape index (κ1) is 13.0. The van der Waals surface area contributed by atoms with Gasteiger partial charge in [-0.05, 0) is 12.1 Å². The van der Waals surface area contributed by atoms with E-state index in [1.807, 2.05) is 0 Å². The number of carboxylic acid groups (broad SMARTS) is 1. The average molecular weight is 237 g/mol. The van der Waals surface area contributed by atoms with Crippen molar-refractivity contribution in [2.24, 2.45) is 11.7 Å². The van der Waals surface area contributed by atoms with E-state index < -0.39 is 23.9 Å². The zero-order valence-corrected chi connectivity index (χ0v) is 9.50. The first-order chi connectivity index (χ1) is 8.00. The molecule has 0 saturated heterocycles. The van der Waals surface area contributed by atoms with E-state index in [1.54, 1.807) is 37.3 Å². The van der Waals surface area contributed by atoms with Gasteiger partial charge in [-0.15, -0.1) is 0 Å². The van der Waals surface area contributed by atoms with Crippen molar-refractivity contribution in [2.75, 3.05) is 0 Å². The molecule has 0 fully saturated rings. The van der Waals surface area contributed by atoms with Crippen LogP contribution < -0.4 is 10.5 Å². The zero-order chi connectivity index (χ0) is 12.8. The fourth-order valence-electron chi connectivity index (χ4n) is 1.30. The van der Waals surface area contributed by atoms with Gasteiger partial charge in [0.2, 0.25) is 5.91 Å². The molecule has 0 bridgehead atoms. The highest BCUT2D eigenvalue weighted by atomic mass is 16.5. The summed E-state index contributed by atoms with van der Waals surface area (Å²) in [4.78, 5) is 21.9. The Bertz CT molecular complexity index is 391. The van der Waals surface area contributed by atoms with Gasteiger partial charge in [0.15, 0.2) is 6.10 Å². The van der Waals surface area contributed by atoms with Gasteiger partial charge in [-0.1, -0.05) is 25.1 Å². The Morgan fingerprint density at radius 3 is 2.41 bits per heavy atom. The zero-order valence-electron chi connectivity index (χ0n) is 9.50. The molecule has 0 aliphatic carbocycles. The Kier molecular flexibility index (Phi) is 4.51. The van der Waals surface area contributed by atoms with Crippen molar-refractivity contribution in [3.8, 4) is 5.75 Å². The predicted molar refractivity (Wildman–Crippen MR) is 61.5 cm³/mol. The minimum Gasteiger partial charge on any atom is -0.479 e. The number of carboxylic acids is 1. The molecule has 3 N–H and O–H groups in total. The maximum Gasteiger partial charge on any atom is 0.344 e. The number of aliphatic carboxylic acids is 1. The number of nitrogens with two attached hydrogens (primary N) is 1. The number of para-hydroxylation sites is 1. The number of hydrogen-bond acceptors (Lipinski definition) is 3. The summed E-state index contributed by atoms with van der Waals surface area (Å²) in [5.74, 6) is -1.73. The number of carbonyl (C=O) groups is 2. The highest BCUT2D eigenvalue weighted by molar-refractivity contribution is 5.78. The summed E-state index contributed by atoms with van der Waals surface area (Å²) in [7, 11) is 0. The molecule has 1 aromatic rings. The van der Waals surface area contributed by atoms with E-state index in [-0.39, 0.29) is 6.42 Å². The molecule has 17 heavy (non-hydrogen) atoms. The van der Waals surface area contributed by atoms with Crippen molar-refractivity contribution in [3.05, 3.63) is 30.3 Å². The number of hydrogen-bond donors (Lipinski definition) is 2. The third-order valence-corrected chi connectivity index (χ3v) is 2.35. The lowest BCUT2D eigenvalue weighted by molar-refractivity contribution is -0.146. The second kappa shape index (κ2) is 5.89. The molecule has 2 atom stereocenters. The quantitative estimate of drug-likeness (QED) is 0.773. The third kappa shape index (κ3) is 4.14. The van der Waals surface area contributed by atoms with Crippen LogP contribution in [0.4, 0.5) is 0 Å². The number of amides is 1. The van der Waals surface area contributed by atoms with E-state index in [4.69, 9.17) is 15.6 Å². The normalized spacial score (nSPS) is 13.7. The lowest BCUT2D eigenvalue weighted by Gasteiger charge is -2.17. The van der Waals surface area contributed by atoms with Crippen molar-refractivity contribution in [2.45, 2.75) is 19.4 Å². The Morgan fingerprint density at radius 1 is 1.35 bits per heavy atom. The third-order valence-electron chi connectivity index (χ3n) is 2.35. The molecule has 0 spiro atoms. The first-order valence-corrected chi connectivity index (χ1v) is 5.24. The number of benzene rings is 1. The summed E-state index contributed by atoms with van der Waals surface area (Å²) in [6, 6.07) is 8.60. The molecule has 92 valence electrons. The largest absolute Gasteiger partial charge is 0.479 e. The summed E-state index contributed by atoms with van der Waals surface area (Å²) in [5, 5.41) is 8.99. The van der Waals surface area contributed by atoms with Gasteiger partial charge in [-0.25, -0.2) is 4.79 Å². The Labute approximate surface area is 99.2 Å². The number of primary amides is 1. The minimum absolute atomic E-state index is 0.0551. The van der Waals surface area contributed by atoms with E-state index >= 15 is 0 Å². The van der Waals surface area contributed by atoms with Crippen molar-refractivity contribution in [1.82, 2.24) is 0 Å². The molecule has 0 radical (unpaired) electrons. The highest BCUT2D eigenvalue weighted by Crippen LogP contribution is 2.15. The van der Waals surface area contributed by atoms with Crippen LogP contribution in [0.5, 0.6) is 5.75 Å². The highest BCUT2D eigenvalue weighted by Gasteiger charge is 2.24. The van der Waals surface area contributed by atoms with Crippen molar-refractivity contribution < 1.29 is 19.4 Å². The number of ether oxygens (including phenoxy) is 1. The molecule has 1 rings (SSSR count). The molecular formula is C12H15NO4. The molecule has 0 aromatic heterocycles. The van der Waals surface area contributed by atoms with Crippen LogP contribution in [0.2, 0.25) is 0 Å². The molecule has 0 aliphatic rings. The van der Waals surface area contributed by atoms with Crippen molar-refractivity contribution in [1.29, 1.82) is 0 Å². The maximum absolute atomic E-state index is 11.0. The Hall–Kier alpha value is -2.04. The van der Waals surface area contributed by atoms with E-state index in [0.717, 1.165) is 0 Å². The number of rotatable bonds is 6. The van der Waals surface area contributed by atoms with Crippen LogP contribution in [-0.4, -0.2) is 23.1 Å². The van der Waals surface area contributed by atoms with Gasteiger partial charge in [-0.2, -0.15) is 0 Å².